The number of anilines is 3. The molecule has 6 heteroatoms. The van der Waals surface area contributed by atoms with Crippen molar-refractivity contribution in [3.63, 3.8) is 0 Å². The third kappa shape index (κ3) is 2.23. The molecule has 0 radical (unpaired) electrons. The first-order chi connectivity index (χ1) is 7.56. The van der Waals surface area contributed by atoms with Gasteiger partial charge in [0, 0.05) is 13.2 Å². The second-order valence-electron chi connectivity index (χ2n) is 3.38. The first-order valence-electron chi connectivity index (χ1n) is 4.56. The third-order valence-corrected chi connectivity index (χ3v) is 2.80. The van der Waals surface area contributed by atoms with Crippen molar-refractivity contribution in [1.82, 2.24) is 9.78 Å². The summed E-state index contributed by atoms with van der Waals surface area (Å²) in [6.45, 7) is 0. The van der Waals surface area contributed by atoms with Gasteiger partial charge in [-0.2, -0.15) is 5.10 Å². The second-order valence-corrected chi connectivity index (χ2v) is 4.20. The van der Waals surface area contributed by atoms with Gasteiger partial charge in [-0.05, 0) is 12.1 Å². The van der Waals surface area contributed by atoms with Gasteiger partial charge in [0.1, 0.15) is 0 Å². The quantitative estimate of drug-likeness (QED) is 0.813. The molecule has 2 rings (SSSR count). The van der Waals surface area contributed by atoms with Crippen LogP contribution in [0.25, 0.3) is 0 Å². The lowest BCUT2D eigenvalue weighted by molar-refractivity contribution is 0.768. The van der Waals surface area contributed by atoms with Crippen molar-refractivity contribution in [3.05, 3.63) is 34.6 Å². The van der Waals surface area contributed by atoms with E-state index in [0.717, 1.165) is 5.69 Å². The van der Waals surface area contributed by atoms with Crippen molar-refractivity contribution in [3.8, 4) is 0 Å². The van der Waals surface area contributed by atoms with E-state index >= 15 is 0 Å². The first kappa shape index (κ1) is 11.1. The van der Waals surface area contributed by atoms with Gasteiger partial charge in [-0.15, -0.1) is 0 Å². The van der Waals surface area contributed by atoms with Crippen molar-refractivity contribution >= 4 is 40.3 Å². The SMILES string of the molecule is Cn1cc(Nc2cc(Cl)c(Cl)cc2N)cn1. The minimum absolute atomic E-state index is 0.441. The van der Waals surface area contributed by atoms with Crippen LogP contribution in [0.3, 0.4) is 0 Å². The van der Waals surface area contributed by atoms with Crippen molar-refractivity contribution in [2.24, 2.45) is 7.05 Å². The Bertz CT molecular complexity index is 522. The molecule has 84 valence electrons. The highest BCUT2D eigenvalue weighted by molar-refractivity contribution is 6.42. The van der Waals surface area contributed by atoms with E-state index in [2.05, 4.69) is 10.4 Å². The Morgan fingerprint density at radius 1 is 1.31 bits per heavy atom. The molecule has 16 heavy (non-hydrogen) atoms. The summed E-state index contributed by atoms with van der Waals surface area (Å²) in [4.78, 5) is 0. The monoisotopic (exact) mass is 256 g/mol. The van der Waals surface area contributed by atoms with Crippen LogP contribution in [0.15, 0.2) is 24.5 Å². The molecule has 3 N–H and O–H groups in total. The Labute approximate surface area is 103 Å². The van der Waals surface area contributed by atoms with Crippen LogP contribution in [0, 0.1) is 0 Å². The predicted octanol–water partition coefficient (Wildman–Crippen LogP) is 3.05. The van der Waals surface area contributed by atoms with Gasteiger partial charge in [0.15, 0.2) is 0 Å². The Balaban J connectivity index is 2.31. The largest absolute Gasteiger partial charge is 0.397 e. The molecule has 0 spiro atoms. The Morgan fingerprint density at radius 3 is 2.62 bits per heavy atom. The third-order valence-electron chi connectivity index (χ3n) is 2.08. The fraction of sp³-hybridized carbons (Fsp3) is 0.100. The highest BCUT2D eigenvalue weighted by Crippen LogP contribution is 2.32. The summed E-state index contributed by atoms with van der Waals surface area (Å²) < 4.78 is 1.69. The maximum atomic E-state index is 5.91. The lowest BCUT2D eigenvalue weighted by Crippen LogP contribution is -1.95. The van der Waals surface area contributed by atoms with Gasteiger partial charge < -0.3 is 11.1 Å². The zero-order valence-corrected chi connectivity index (χ0v) is 10.0. The number of aryl methyl sites for hydroxylation is 1. The van der Waals surface area contributed by atoms with E-state index in [1.54, 1.807) is 23.0 Å². The van der Waals surface area contributed by atoms with E-state index < -0.39 is 0 Å². The van der Waals surface area contributed by atoms with Gasteiger partial charge in [-0.25, -0.2) is 0 Å². The molecule has 0 unspecified atom stereocenters. The van der Waals surface area contributed by atoms with Gasteiger partial charge in [0.2, 0.25) is 0 Å². The molecule has 0 saturated carbocycles. The number of nitrogens with one attached hydrogen (secondary N) is 1. The molecule has 0 amide bonds. The summed E-state index contributed by atoms with van der Waals surface area (Å²) in [5.41, 5.74) is 7.90. The van der Waals surface area contributed by atoms with Gasteiger partial charge >= 0.3 is 0 Å². The molecule has 1 heterocycles. The normalized spacial score (nSPS) is 10.4. The number of aromatic nitrogens is 2. The van der Waals surface area contributed by atoms with E-state index in [4.69, 9.17) is 28.9 Å². The number of benzene rings is 1. The molecule has 0 aliphatic rings. The lowest BCUT2D eigenvalue weighted by Gasteiger charge is -2.08. The van der Waals surface area contributed by atoms with Crippen LogP contribution in [0.1, 0.15) is 0 Å². The summed E-state index contributed by atoms with van der Waals surface area (Å²) in [6, 6.07) is 3.30. The van der Waals surface area contributed by atoms with E-state index in [0.29, 0.717) is 21.4 Å². The van der Waals surface area contributed by atoms with Crippen LogP contribution in [-0.4, -0.2) is 9.78 Å². The maximum absolute atomic E-state index is 5.91. The minimum Gasteiger partial charge on any atom is -0.397 e. The number of halogens is 2. The van der Waals surface area contributed by atoms with Crippen LogP contribution in [0.2, 0.25) is 10.0 Å². The second kappa shape index (κ2) is 4.23. The van der Waals surface area contributed by atoms with Crippen LogP contribution in [-0.2, 0) is 7.05 Å². The highest BCUT2D eigenvalue weighted by Gasteiger charge is 2.06. The molecule has 0 aliphatic heterocycles. The molecule has 0 aliphatic carbocycles. The number of hydrogen-bond donors (Lipinski definition) is 2. The molecule has 0 fully saturated rings. The van der Waals surface area contributed by atoms with E-state index in [1.807, 2.05) is 13.2 Å². The Morgan fingerprint density at radius 2 is 2.00 bits per heavy atom. The van der Waals surface area contributed by atoms with E-state index in [9.17, 15) is 0 Å². The summed E-state index contributed by atoms with van der Waals surface area (Å²) >= 11 is 11.7. The number of rotatable bonds is 2. The standard InChI is InChI=1S/C10H10Cl2N4/c1-16-5-6(4-14-16)15-10-3-8(12)7(11)2-9(10)13/h2-5,15H,13H2,1H3. The number of nitrogen functional groups attached to an aromatic ring is 1. The fourth-order valence-electron chi connectivity index (χ4n) is 1.31. The van der Waals surface area contributed by atoms with E-state index in [-0.39, 0.29) is 0 Å². The maximum Gasteiger partial charge on any atom is 0.0770 e. The van der Waals surface area contributed by atoms with Crippen LogP contribution < -0.4 is 11.1 Å². The number of nitrogens with two attached hydrogens (primary N) is 1. The first-order valence-corrected chi connectivity index (χ1v) is 5.32. The topological polar surface area (TPSA) is 55.9 Å². The zero-order chi connectivity index (χ0) is 11.7. The van der Waals surface area contributed by atoms with Crippen molar-refractivity contribution in [2.45, 2.75) is 0 Å². The smallest absolute Gasteiger partial charge is 0.0770 e. The Kier molecular flexibility index (Phi) is 2.94. The lowest BCUT2D eigenvalue weighted by atomic mass is 10.2. The van der Waals surface area contributed by atoms with Crippen LogP contribution in [0.4, 0.5) is 17.1 Å². The van der Waals surface area contributed by atoms with E-state index in [1.165, 1.54) is 0 Å². The molecule has 0 saturated heterocycles. The van der Waals surface area contributed by atoms with Crippen LogP contribution >= 0.6 is 23.2 Å². The minimum atomic E-state index is 0.441. The van der Waals surface area contributed by atoms with Crippen LogP contribution in [0.5, 0.6) is 0 Å². The zero-order valence-electron chi connectivity index (χ0n) is 8.54. The Hall–Kier alpha value is -1.39. The molecule has 2 aromatic rings. The summed E-state index contributed by atoms with van der Waals surface area (Å²) in [5, 5.41) is 8.05. The highest BCUT2D eigenvalue weighted by atomic mass is 35.5. The molecular formula is C10H10Cl2N4. The van der Waals surface area contributed by atoms with Gasteiger partial charge in [-0.1, -0.05) is 23.2 Å². The van der Waals surface area contributed by atoms with Gasteiger partial charge in [0.05, 0.1) is 33.3 Å². The molecular weight excluding hydrogens is 247 g/mol. The van der Waals surface area contributed by atoms with Crippen molar-refractivity contribution in [1.29, 1.82) is 0 Å². The number of nitrogens with zero attached hydrogens (tertiary/aromatic N) is 2. The summed E-state index contributed by atoms with van der Waals surface area (Å²) in [6.07, 6.45) is 3.53. The molecule has 4 nitrogen and oxygen atoms in total. The fourth-order valence-corrected chi connectivity index (χ4v) is 1.65. The molecule has 1 aromatic heterocycles. The van der Waals surface area contributed by atoms with Gasteiger partial charge in [0.25, 0.3) is 0 Å². The van der Waals surface area contributed by atoms with Crippen molar-refractivity contribution in [2.75, 3.05) is 11.1 Å². The van der Waals surface area contributed by atoms with Gasteiger partial charge in [-0.3, -0.25) is 4.68 Å². The molecule has 0 bridgehead atoms. The molecule has 1 aromatic carbocycles. The summed E-state index contributed by atoms with van der Waals surface area (Å²) in [5.74, 6) is 0. The number of hydrogen-bond acceptors (Lipinski definition) is 3. The predicted molar refractivity (Wildman–Crippen MR) is 67.4 cm³/mol. The average Bonchev–Trinajstić information content (AvgIpc) is 2.60. The molecule has 0 atom stereocenters. The van der Waals surface area contributed by atoms with Crippen molar-refractivity contribution < 1.29 is 0 Å². The average molecular weight is 257 g/mol. The summed E-state index contributed by atoms with van der Waals surface area (Å²) in [7, 11) is 1.84.